The second-order valence-corrected chi connectivity index (χ2v) is 18.0. The predicted octanol–water partition coefficient (Wildman–Crippen LogP) is 16.7. The average Bonchev–Trinajstić information content (AvgIpc) is 4.10. The second kappa shape index (κ2) is 13.7. The van der Waals surface area contributed by atoms with E-state index in [0.29, 0.717) is 0 Å². The Labute approximate surface area is 372 Å². The van der Waals surface area contributed by atoms with E-state index < -0.39 is 0 Å². The van der Waals surface area contributed by atoms with Crippen LogP contribution in [0.4, 0.5) is 0 Å². The van der Waals surface area contributed by atoms with Gasteiger partial charge in [0.1, 0.15) is 0 Å². The first-order valence-corrected chi connectivity index (χ1v) is 22.7. The maximum atomic E-state index is 2.44. The molecular weight excluding hydrogens is 795 g/mol. The van der Waals surface area contributed by atoms with Crippen LogP contribution < -0.4 is 0 Å². The van der Waals surface area contributed by atoms with Crippen molar-refractivity contribution in [2.45, 2.75) is 0 Å². The fourth-order valence-corrected chi connectivity index (χ4v) is 11.6. The summed E-state index contributed by atoms with van der Waals surface area (Å²) in [5.41, 5.74) is 15.6. The van der Waals surface area contributed by atoms with Crippen LogP contribution in [0.25, 0.3) is 125 Å². The minimum Gasteiger partial charge on any atom is -0.309 e. The number of para-hydroxylation sites is 5. The van der Waals surface area contributed by atoms with Gasteiger partial charge in [-0.25, -0.2) is 0 Å². The third-order valence-corrected chi connectivity index (χ3v) is 14.6. The Hall–Kier alpha value is -8.18. The zero-order valence-corrected chi connectivity index (χ0v) is 35.4. The largest absolute Gasteiger partial charge is 0.309 e. The molecule has 298 valence electrons. The molecule has 4 heteroatoms. The van der Waals surface area contributed by atoms with Crippen molar-refractivity contribution >= 4 is 96.9 Å². The lowest BCUT2D eigenvalue weighted by Gasteiger charge is -2.11. The van der Waals surface area contributed by atoms with E-state index in [-0.39, 0.29) is 0 Å². The molecule has 0 aliphatic heterocycles. The molecule has 10 aromatic carbocycles. The summed E-state index contributed by atoms with van der Waals surface area (Å²) in [5.74, 6) is 0. The number of aromatic nitrogens is 3. The Morgan fingerprint density at radius 3 is 1.16 bits per heavy atom. The topological polar surface area (TPSA) is 14.8 Å². The Kier molecular flexibility index (Phi) is 7.56. The number of benzene rings is 10. The first-order valence-electron chi connectivity index (χ1n) is 21.9. The number of hydrogen-bond acceptors (Lipinski definition) is 1. The number of thiophene rings is 1. The zero-order valence-electron chi connectivity index (χ0n) is 34.6. The third-order valence-electron chi connectivity index (χ3n) is 13.4. The van der Waals surface area contributed by atoms with E-state index in [1.165, 1.54) is 119 Å². The summed E-state index contributed by atoms with van der Waals surface area (Å²) in [4.78, 5) is 0. The van der Waals surface area contributed by atoms with Crippen LogP contribution in [0, 0.1) is 0 Å². The van der Waals surface area contributed by atoms with E-state index in [4.69, 9.17) is 0 Å². The minimum atomic E-state index is 1.15. The summed E-state index contributed by atoms with van der Waals surface area (Å²) >= 11 is 1.87. The molecule has 0 N–H and O–H groups in total. The molecule has 0 atom stereocenters. The molecule has 14 aromatic rings. The van der Waals surface area contributed by atoms with E-state index >= 15 is 0 Å². The van der Waals surface area contributed by atoms with Gasteiger partial charge < -0.3 is 13.7 Å². The Balaban J connectivity index is 0.876. The van der Waals surface area contributed by atoms with Crippen LogP contribution >= 0.6 is 11.3 Å². The zero-order chi connectivity index (χ0) is 41.9. The molecule has 0 saturated heterocycles. The monoisotopic (exact) mass is 831 g/mol. The highest BCUT2D eigenvalue weighted by atomic mass is 32.1. The van der Waals surface area contributed by atoms with Crippen molar-refractivity contribution in [1.82, 2.24) is 13.7 Å². The highest BCUT2D eigenvalue weighted by Crippen LogP contribution is 2.42. The summed E-state index contributed by atoms with van der Waals surface area (Å²) in [7, 11) is 0. The molecule has 14 rings (SSSR count). The van der Waals surface area contributed by atoms with Gasteiger partial charge in [0.05, 0.1) is 33.1 Å². The van der Waals surface area contributed by atoms with Crippen molar-refractivity contribution in [2.75, 3.05) is 0 Å². The molecule has 0 bridgehead atoms. The normalized spacial score (nSPS) is 12.1. The Bertz CT molecular complexity index is 4140. The Morgan fingerprint density at radius 2 is 0.594 bits per heavy atom. The lowest BCUT2D eigenvalue weighted by Crippen LogP contribution is -1.94. The first-order chi connectivity index (χ1) is 31.7. The predicted molar refractivity (Wildman–Crippen MR) is 273 cm³/mol. The van der Waals surface area contributed by atoms with Crippen molar-refractivity contribution in [3.63, 3.8) is 0 Å². The molecule has 4 aromatic heterocycles. The summed E-state index contributed by atoms with van der Waals surface area (Å²) in [6.45, 7) is 0. The highest BCUT2D eigenvalue weighted by Gasteiger charge is 2.18. The quantitative estimate of drug-likeness (QED) is 0.164. The van der Waals surface area contributed by atoms with Crippen LogP contribution in [0.15, 0.2) is 224 Å². The van der Waals surface area contributed by atoms with Crippen molar-refractivity contribution in [2.24, 2.45) is 0 Å². The van der Waals surface area contributed by atoms with Crippen LogP contribution in [0.5, 0.6) is 0 Å². The van der Waals surface area contributed by atoms with Crippen LogP contribution in [-0.4, -0.2) is 13.7 Å². The van der Waals surface area contributed by atoms with Crippen LogP contribution in [0.1, 0.15) is 0 Å². The van der Waals surface area contributed by atoms with Gasteiger partial charge in [0.25, 0.3) is 0 Å². The lowest BCUT2D eigenvalue weighted by atomic mass is 10.0. The number of nitrogens with zero attached hydrogens (tertiary/aromatic N) is 3. The molecule has 4 heterocycles. The molecule has 0 spiro atoms. The SMILES string of the molecule is c1ccc(-n2c3ccccc3c3cc(-c4ccc5c(c4)c4ccccc4n5-c4cccc(-c5ccc6sc7ccc(-n8c9ccccc9c9ccccc98)cc7c6c5)c4)ccc32)cc1. The fraction of sp³-hybridized carbons (Fsp3) is 0. The fourth-order valence-electron chi connectivity index (χ4n) is 10.5. The number of rotatable bonds is 5. The summed E-state index contributed by atoms with van der Waals surface area (Å²) in [6, 6.07) is 82.7. The summed E-state index contributed by atoms with van der Waals surface area (Å²) in [6.07, 6.45) is 0. The second-order valence-electron chi connectivity index (χ2n) is 16.9. The highest BCUT2D eigenvalue weighted by molar-refractivity contribution is 7.25. The van der Waals surface area contributed by atoms with Crippen LogP contribution in [-0.2, 0) is 0 Å². The van der Waals surface area contributed by atoms with Crippen molar-refractivity contribution in [3.8, 4) is 39.3 Å². The van der Waals surface area contributed by atoms with Crippen molar-refractivity contribution < 1.29 is 0 Å². The molecule has 64 heavy (non-hydrogen) atoms. The van der Waals surface area contributed by atoms with Crippen LogP contribution in [0.3, 0.4) is 0 Å². The Morgan fingerprint density at radius 1 is 0.219 bits per heavy atom. The molecule has 0 saturated carbocycles. The molecule has 3 nitrogen and oxygen atoms in total. The molecule has 0 amide bonds. The van der Waals surface area contributed by atoms with E-state index in [1.54, 1.807) is 0 Å². The average molecular weight is 832 g/mol. The smallest absolute Gasteiger partial charge is 0.0541 e. The molecule has 0 aliphatic carbocycles. The first kappa shape index (κ1) is 35.4. The van der Waals surface area contributed by atoms with Crippen LogP contribution in [0.2, 0.25) is 0 Å². The van der Waals surface area contributed by atoms with Gasteiger partial charge in [-0.05, 0) is 125 Å². The summed E-state index contributed by atoms with van der Waals surface area (Å²) < 4.78 is 9.83. The van der Waals surface area contributed by atoms with Gasteiger partial charge in [-0.1, -0.05) is 121 Å². The van der Waals surface area contributed by atoms with Gasteiger partial charge in [0.2, 0.25) is 0 Å². The number of fused-ring (bicyclic) bond motifs is 12. The molecule has 0 aliphatic rings. The van der Waals surface area contributed by atoms with Crippen molar-refractivity contribution in [3.05, 3.63) is 224 Å². The van der Waals surface area contributed by atoms with E-state index in [1.807, 2.05) is 11.3 Å². The minimum absolute atomic E-state index is 1.15. The van der Waals surface area contributed by atoms with Gasteiger partial charge in [0.15, 0.2) is 0 Å². The van der Waals surface area contributed by atoms with Gasteiger partial charge in [0, 0.05) is 69.6 Å². The van der Waals surface area contributed by atoms with Gasteiger partial charge >= 0.3 is 0 Å². The van der Waals surface area contributed by atoms with E-state index in [9.17, 15) is 0 Å². The summed E-state index contributed by atoms with van der Waals surface area (Å²) in [5, 5.41) is 10.1. The standard InChI is InChI=1S/C60H37N3S/c1-2-14-42(15-3-1)61-55-23-10-6-19-47(55)49-34-39(25-29-57(49)61)40-26-30-58-50(35-40)48-20-7-11-24-56(48)62(58)43-16-12-13-38(33-43)41-27-31-59-51(36-41)52-37-44(28-32-60(52)64-59)63-53-21-8-4-17-45(53)46-18-5-9-22-54(46)63/h1-37H. The maximum absolute atomic E-state index is 2.44. The van der Waals surface area contributed by atoms with Crippen molar-refractivity contribution in [1.29, 1.82) is 0 Å². The van der Waals surface area contributed by atoms with E-state index in [0.717, 1.165) is 5.69 Å². The van der Waals surface area contributed by atoms with Gasteiger partial charge in [-0.3, -0.25) is 0 Å². The van der Waals surface area contributed by atoms with E-state index in [2.05, 4.69) is 238 Å². The molecule has 0 unspecified atom stereocenters. The third kappa shape index (κ3) is 5.21. The van der Waals surface area contributed by atoms with Gasteiger partial charge in [-0.2, -0.15) is 0 Å². The maximum Gasteiger partial charge on any atom is 0.0541 e. The van der Waals surface area contributed by atoms with Gasteiger partial charge in [-0.15, -0.1) is 11.3 Å². The lowest BCUT2D eigenvalue weighted by molar-refractivity contribution is 1.18. The molecular formula is C60H37N3S. The molecule has 0 radical (unpaired) electrons. The molecule has 0 fully saturated rings. The number of hydrogen-bond donors (Lipinski definition) is 0.